The molecular weight excluding hydrogens is 340 g/mol. The van der Waals surface area contributed by atoms with Crippen molar-refractivity contribution in [1.82, 2.24) is 4.72 Å². The van der Waals surface area contributed by atoms with Crippen LogP contribution in [-0.2, 0) is 16.4 Å². The number of methoxy groups -OCH3 is 1. The van der Waals surface area contributed by atoms with Crippen molar-refractivity contribution >= 4 is 21.6 Å². The zero-order valence-corrected chi connectivity index (χ0v) is 15.3. The Labute approximate surface area is 148 Å². The minimum atomic E-state index is -3.66. The molecule has 0 aliphatic rings. The molecular formula is C18H22N2O4S. The molecule has 0 aliphatic carbocycles. The Morgan fingerprint density at radius 1 is 1.08 bits per heavy atom. The molecule has 2 N–H and O–H groups in total. The van der Waals surface area contributed by atoms with Crippen LogP contribution < -0.4 is 14.8 Å². The molecule has 0 aliphatic heterocycles. The number of hydrogen-bond donors (Lipinski definition) is 2. The van der Waals surface area contributed by atoms with E-state index in [-0.39, 0.29) is 17.0 Å². The summed E-state index contributed by atoms with van der Waals surface area (Å²) in [5.74, 6) is -0.132. The molecule has 2 aromatic rings. The number of aryl methyl sites for hydroxylation is 1. The van der Waals surface area contributed by atoms with Gasteiger partial charge in [-0.2, -0.15) is 0 Å². The van der Waals surface area contributed by atoms with E-state index in [0.717, 1.165) is 12.0 Å². The van der Waals surface area contributed by atoms with Gasteiger partial charge in [0.05, 0.1) is 17.6 Å². The maximum atomic E-state index is 12.6. The summed E-state index contributed by atoms with van der Waals surface area (Å²) < 4.78 is 31.9. The first-order chi connectivity index (χ1) is 11.9. The third-order valence-electron chi connectivity index (χ3n) is 3.68. The molecule has 0 fully saturated rings. The second-order valence-electron chi connectivity index (χ2n) is 5.37. The lowest BCUT2D eigenvalue weighted by Crippen LogP contribution is -2.23. The Morgan fingerprint density at radius 3 is 2.32 bits per heavy atom. The van der Waals surface area contributed by atoms with E-state index >= 15 is 0 Å². The van der Waals surface area contributed by atoms with E-state index in [0.29, 0.717) is 11.4 Å². The smallest absolute Gasteiger partial charge is 0.259 e. The highest BCUT2D eigenvalue weighted by atomic mass is 32.2. The fraction of sp³-hybridized carbons (Fsp3) is 0.278. The van der Waals surface area contributed by atoms with Crippen LogP contribution in [0.4, 0.5) is 5.69 Å². The van der Waals surface area contributed by atoms with Gasteiger partial charge in [-0.3, -0.25) is 4.79 Å². The minimum Gasteiger partial charge on any atom is -0.496 e. The maximum Gasteiger partial charge on any atom is 0.259 e. The van der Waals surface area contributed by atoms with Crippen LogP contribution in [0.3, 0.4) is 0 Å². The average Bonchev–Trinajstić information content (AvgIpc) is 2.61. The van der Waals surface area contributed by atoms with Crippen LogP contribution in [0.25, 0.3) is 0 Å². The highest BCUT2D eigenvalue weighted by Gasteiger charge is 2.19. The van der Waals surface area contributed by atoms with Crippen molar-refractivity contribution in [3.63, 3.8) is 0 Å². The summed E-state index contributed by atoms with van der Waals surface area (Å²) in [6.07, 6.45) is 0.909. The predicted octanol–water partition coefficient (Wildman–Crippen LogP) is 2.81. The molecule has 1 amide bonds. The Hall–Kier alpha value is -2.38. The number of anilines is 1. The molecule has 0 atom stereocenters. The molecule has 0 bridgehead atoms. The molecule has 0 unspecified atom stereocenters. The number of carbonyl (C=O) groups excluding carboxylic acids is 1. The maximum absolute atomic E-state index is 12.6. The van der Waals surface area contributed by atoms with Crippen LogP contribution in [0.2, 0.25) is 0 Å². The summed E-state index contributed by atoms with van der Waals surface area (Å²) in [5.41, 5.74) is 1.94. The Morgan fingerprint density at radius 2 is 1.76 bits per heavy atom. The molecule has 7 heteroatoms. The lowest BCUT2D eigenvalue weighted by molar-refractivity contribution is 0.102. The SMILES string of the molecule is CCNS(=O)(=O)c1ccc(OC)c(C(=O)Nc2ccc(CC)cc2)c1. The van der Waals surface area contributed by atoms with Crippen LogP contribution in [0, 0.1) is 0 Å². The first-order valence-corrected chi connectivity index (χ1v) is 9.47. The lowest BCUT2D eigenvalue weighted by Gasteiger charge is -2.12. The molecule has 0 spiro atoms. The number of hydrogen-bond acceptors (Lipinski definition) is 4. The first-order valence-electron chi connectivity index (χ1n) is 7.99. The van der Waals surface area contributed by atoms with Gasteiger partial charge >= 0.3 is 0 Å². The van der Waals surface area contributed by atoms with E-state index < -0.39 is 15.9 Å². The monoisotopic (exact) mass is 362 g/mol. The van der Waals surface area contributed by atoms with Crippen molar-refractivity contribution in [3.8, 4) is 5.75 Å². The van der Waals surface area contributed by atoms with E-state index in [4.69, 9.17) is 4.74 Å². The number of benzene rings is 2. The summed E-state index contributed by atoms with van der Waals surface area (Å²) in [6.45, 7) is 4.00. The van der Waals surface area contributed by atoms with Crippen molar-refractivity contribution in [2.75, 3.05) is 19.0 Å². The van der Waals surface area contributed by atoms with Gasteiger partial charge in [0.25, 0.3) is 5.91 Å². The van der Waals surface area contributed by atoms with Crippen molar-refractivity contribution in [2.45, 2.75) is 25.2 Å². The highest BCUT2D eigenvalue weighted by Crippen LogP contribution is 2.24. The largest absolute Gasteiger partial charge is 0.496 e. The molecule has 25 heavy (non-hydrogen) atoms. The van der Waals surface area contributed by atoms with E-state index in [2.05, 4.69) is 17.0 Å². The second kappa shape index (κ2) is 8.13. The molecule has 0 saturated carbocycles. The van der Waals surface area contributed by atoms with Crippen molar-refractivity contribution in [1.29, 1.82) is 0 Å². The van der Waals surface area contributed by atoms with E-state index in [1.165, 1.54) is 25.3 Å². The van der Waals surface area contributed by atoms with E-state index in [1.54, 1.807) is 6.92 Å². The minimum absolute atomic E-state index is 0.0154. The second-order valence-corrected chi connectivity index (χ2v) is 7.13. The molecule has 2 aromatic carbocycles. The predicted molar refractivity (Wildman–Crippen MR) is 97.6 cm³/mol. The molecule has 134 valence electrons. The fourth-order valence-corrected chi connectivity index (χ4v) is 3.39. The Bertz CT molecular complexity index is 846. The van der Waals surface area contributed by atoms with Gasteiger partial charge in [0, 0.05) is 12.2 Å². The van der Waals surface area contributed by atoms with Crippen LogP contribution in [0.1, 0.15) is 29.8 Å². The summed E-state index contributed by atoms with van der Waals surface area (Å²) >= 11 is 0. The first kappa shape index (κ1) is 19.0. The summed E-state index contributed by atoms with van der Waals surface area (Å²) in [6, 6.07) is 11.7. The summed E-state index contributed by atoms with van der Waals surface area (Å²) in [7, 11) is -2.23. The van der Waals surface area contributed by atoms with Crippen LogP contribution in [0.5, 0.6) is 5.75 Å². The van der Waals surface area contributed by atoms with Crippen LogP contribution >= 0.6 is 0 Å². The van der Waals surface area contributed by atoms with Gasteiger partial charge in [-0.05, 0) is 42.3 Å². The number of ether oxygens (including phenoxy) is 1. The summed E-state index contributed by atoms with van der Waals surface area (Å²) in [5, 5.41) is 2.76. The normalized spacial score (nSPS) is 11.2. The third kappa shape index (κ3) is 4.58. The Kier molecular flexibility index (Phi) is 6.17. The van der Waals surface area contributed by atoms with E-state index in [9.17, 15) is 13.2 Å². The number of nitrogens with one attached hydrogen (secondary N) is 2. The van der Waals surface area contributed by atoms with Gasteiger partial charge in [0.1, 0.15) is 5.75 Å². The fourth-order valence-electron chi connectivity index (χ4n) is 2.33. The molecule has 2 rings (SSSR count). The van der Waals surface area contributed by atoms with Crippen LogP contribution in [-0.4, -0.2) is 28.0 Å². The van der Waals surface area contributed by atoms with E-state index in [1.807, 2.05) is 24.3 Å². The zero-order valence-electron chi connectivity index (χ0n) is 14.5. The number of carbonyl (C=O) groups is 1. The van der Waals surface area contributed by atoms with Crippen LogP contribution in [0.15, 0.2) is 47.4 Å². The Balaban J connectivity index is 2.33. The van der Waals surface area contributed by atoms with Gasteiger partial charge in [0.15, 0.2) is 0 Å². The van der Waals surface area contributed by atoms with Crippen molar-refractivity contribution < 1.29 is 17.9 Å². The number of amides is 1. The topological polar surface area (TPSA) is 84.5 Å². The zero-order chi connectivity index (χ0) is 18.4. The van der Waals surface area contributed by atoms with Crippen molar-refractivity contribution in [3.05, 3.63) is 53.6 Å². The highest BCUT2D eigenvalue weighted by molar-refractivity contribution is 7.89. The van der Waals surface area contributed by atoms with Gasteiger partial charge in [-0.15, -0.1) is 0 Å². The molecule has 6 nitrogen and oxygen atoms in total. The van der Waals surface area contributed by atoms with Gasteiger partial charge in [0.2, 0.25) is 10.0 Å². The number of rotatable bonds is 7. The van der Waals surface area contributed by atoms with Gasteiger partial charge in [-0.1, -0.05) is 26.0 Å². The average molecular weight is 362 g/mol. The quantitative estimate of drug-likeness (QED) is 0.793. The standard InChI is InChI=1S/C18H22N2O4S/c1-4-13-6-8-14(9-7-13)20-18(21)16-12-15(10-11-17(16)24-3)25(22,23)19-5-2/h6-12,19H,4-5H2,1-3H3,(H,20,21). The molecule has 0 heterocycles. The van der Waals surface area contributed by atoms with Crippen molar-refractivity contribution in [2.24, 2.45) is 0 Å². The summed E-state index contributed by atoms with van der Waals surface area (Å²) in [4.78, 5) is 12.6. The molecule has 0 radical (unpaired) electrons. The molecule has 0 saturated heterocycles. The lowest BCUT2D eigenvalue weighted by atomic mass is 10.1. The molecule has 0 aromatic heterocycles. The van der Waals surface area contributed by atoms with Gasteiger partial charge < -0.3 is 10.1 Å². The number of sulfonamides is 1. The van der Waals surface area contributed by atoms with Gasteiger partial charge in [-0.25, -0.2) is 13.1 Å². The third-order valence-corrected chi connectivity index (χ3v) is 5.22.